The molecule has 0 aliphatic carbocycles. The third-order valence-corrected chi connectivity index (χ3v) is 5.12. The molecule has 0 N–H and O–H groups in total. The van der Waals surface area contributed by atoms with Crippen LogP contribution in [0.25, 0.3) is 0 Å². The third kappa shape index (κ3) is 2.46. The molecule has 0 fully saturated rings. The molecule has 0 bridgehead atoms. The Morgan fingerprint density at radius 2 is 2.18 bits per heavy atom. The highest BCUT2D eigenvalue weighted by atomic mass is 79.9. The van der Waals surface area contributed by atoms with Gasteiger partial charge in [-0.3, -0.25) is 4.68 Å². The number of nitrogens with zero attached hydrogens (tertiary/aromatic N) is 2. The standard InChI is InChI=1S/C12H10Br2N2S/c13-11-6-12(14)16(15-11)7-9-5-8-3-1-2-4-10(8)17-9/h1-4,6,9H,5,7H2. The number of hydrogen-bond acceptors (Lipinski definition) is 2. The quantitative estimate of drug-likeness (QED) is 0.787. The largest absolute Gasteiger partial charge is 0.256 e. The van der Waals surface area contributed by atoms with Gasteiger partial charge in [-0.05, 0) is 49.9 Å². The Morgan fingerprint density at radius 1 is 1.35 bits per heavy atom. The predicted octanol–water partition coefficient (Wildman–Crippen LogP) is 4.13. The Balaban J connectivity index is 1.76. The van der Waals surface area contributed by atoms with Crippen LogP contribution in [0, 0.1) is 0 Å². The maximum absolute atomic E-state index is 4.41. The van der Waals surface area contributed by atoms with Crippen LogP contribution in [0.3, 0.4) is 0 Å². The summed E-state index contributed by atoms with van der Waals surface area (Å²) in [5, 5.41) is 4.99. The molecule has 0 spiro atoms. The first kappa shape index (κ1) is 11.8. The number of halogens is 2. The van der Waals surface area contributed by atoms with Gasteiger partial charge in [0.05, 0.1) is 6.54 Å². The van der Waals surface area contributed by atoms with Crippen LogP contribution in [0.4, 0.5) is 0 Å². The van der Waals surface area contributed by atoms with E-state index in [1.807, 2.05) is 22.5 Å². The van der Waals surface area contributed by atoms with E-state index in [4.69, 9.17) is 0 Å². The lowest BCUT2D eigenvalue weighted by Crippen LogP contribution is -2.13. The molecule has 1 atom stereocenters. The summed E-state index contributed by atoms with van der Waals surface area (Å²) in [6, 6.07) is 10.6. The number of thioether (sulfide) groups is 1. The van der Waals surface area contributed by atoms with Gasteiger partial charge in [0, 0.05) is 16.2 Å². The van der Waals surface area contributed by atoms with E-state index in [0.29, 0.717) is 5.25 Å². The maximum Gasteiger partial charge on any atom is 0.129 e. The average molecular weight is 374 g/mol. The molecule has 1 aliphatic heterocycles. The van der Waals surface area contributed by atoms with Gasteiger partial charge in [-0.25, -0.2) is 0 Å². The van der Waals surface area contributed by atoms with Crippen LogP contribution in [-0.2, 0) is 13.0 Å². The van der Waals surface area contributed by atoms with Crippen molar-refractivity contribution in [2.75, 3.05) is 0 Å². The highest BCUT2D eigenvalue weighted by Crippen LogP contribution is 2.37. The number of fused-ring (bicyclic) bond motifs is 1. The highest BCUT2D eigenvalue weighted by molar-refractivity contribution is 9.11. The zero-order valence-corrected chi connectivity index (χ0v) is 12.9. The van der Waals surface area contributed by atoms with Crippen LogP contribution in [0.1, 0.15) is 5.56 Å². The van der Waals surface area contributed by atoms with Gasteiger partial charge < -0.3 is 0 Å². The highest BCUT2D eigenvalue weighted by Gasteiger charge is 2.23. The van der Waals surface area contributed by atoms with Gasteiger partial charge in [-0.2, -0.15) is 5.10 Å². The van der Waals surface area contributed by atoms with Crippen molar-refractivity contribution in [2.24, 2.45) is 0 Å². The Morgan fingerprint density at radius 3 is 2.88 bits per heavy atom. The van der Waals surface area contributed by atoms with E-state index in [-0.39, 0.29) is 0 Å². The summed E-state index contributed by atoms with van der Waals surface area (Å²) in [6.07, 6.45) is 1.13. The first-order chi connectivity index (χ1) is 8.22. The minimum Gasteiger partial charge on any atom is -0.256 e. The van der Waals surface area contributed by atoms with Gasteiger partial charge in [0.15, 0.2) is 0 Å². The molecule has 1 aromatic heterocycles. The predicted molar refractivity (Wildman–Crippen MR) is 77.4 cm³/mol. The number of hydrogen-bond donors (Lipinski definition) is 0. The lowest BCUT2D eigenvalue weighted by molar-refractivity contribution is 0.581. The van der Waals surface area contributed by atoms with Crippen LogP contribution in [0.5, 0.6) is 0 Å². The van der Waals surface area contributed by atoms with Crippen molar-refractivity contribution in [1.29, 1.82) is 0 Å². The van der Waals surface area contributed by atoms with E-state index in [9.17, 15) is 0 Å². The van der Waals surface area contributed by atoms with E-state index in [1.54, 1.807) is 0 Å². The molecular formula is C12H10Br2N2S. The SMILES string of the molecule is Brc1cc(Br)n(CC2Cc3ccccc3S2)n1. The Hall–Kier alpha value is -0.260. The zero-order valence-electron chi connectivity index (χ0n) is 8.94. The molecule has 17 heavy (non-hydrogen) atoms. The first-order valence-electron chi connectivity index (χ1n) is 5.36. The second-order valence-electron chi connectivity index (χ2n) is 4.02. The van der Waals surface area contributed by atoms with Gasteiger partial charge in [-0.1, -0.05) is 18.2 Å². The number of benzene rings is 1. The fourth-order valence-electron chi connectivity index (χ4n) is 2.04. The molecule has 0 saturated heterocycles. The molecule has 2 aromatic rings. The van der Waals surface area contributed by atoms with E-state index in [2.05, 4.69) is 61.2 Å². The molecule has 2 nitrogen and oxygen atoms in total. The summed E-state index contributed by atoms with van der Waals surface area (Å²) in [6.45, 7) is 0.936. The van der Waals surface area contributed by atoms with Gasteiger partial charge >= 0.3 is 0 Å². The summed E-state index contributed by atoms with van der Waals surface area (Å²) in [5.41, 5.74) is 1.46. The molecule has 5 heteroatoms. The van der Waals surface area contributed by atoms with Gasteiger partial charge in [0.25, 0.3) is 0 Å². The lowest BCUT2D eigenvalue weighted by Gasteiger charge is -2.09. The molecule has 2 heterocycles. The van der Waals surface area contributed by atoms with Crippen LogP contribution in [0.15, 0.2) is 44.4 Å². The van der Waals surface area contributed by atoms with Gasteiger partial charge in [0.2, 0.25) is 0 Å². The second kappa shape index (κ2) is 4.78. The molecule has 1 aliphatic rings. The Bertz CT molecular complexity index is 528. The second-order valence-corrected chi connectivity index (χ2v) is 6.99. The normalized spacial score (nSPS) is 18.4. The van der Waals surface area contributed by atoms with Crippen molar-refractivity contribution in [3.63, 3.8) is 0 Å². The van der Waals surface area contributed by atoms with Crippen LogP contribution in [-0.4, -0.2) is 15.0 Å². The Labute approximate surface area is 121 Å². The molecule has 0 amide bonds. The monoisotopic (exact) mass is 372 g/mol. The molecule has 0 saturated carbocycles. The fraction of sp³-hybridized carbons (Fsp3) is 0.250. The Kier molecular flexibility index (Phi) is 3.32. The summed E-state index contributed by atoms with van der Waals surface area (Å²) in [7, 11) is 0. The van der Waals surface area contributed by atoms with Crippen molar-refractivity contribution in [1.82, 2.24) is 9.78 Å². The summed E-state index contributed by atoms with van der Waals surface area (Å²) in [5.74, 6) is 0. The van der Waals surface area contributed by atoms with Crippen LogP contribution >= 0.6 is 43.6 Å². The average Bonchev–Trinajstić information content (AvgIpc) is 2.82. The number of aromatic nitrogens is 2. The number of rotatable bonds is 2. The zero-order chi connectivity index (χ0) is 11.8. The summed E-state index contributed by atoms with van der Waals surface area (Å²) < 4.78 is 3.92. The fourth-order valence-corrected chi connectivity index (χ4v) is 4.50. The minimum atomic E-state index is 0.579. The van der Waals surface area contributed by atoms with Crippen molar-refractivity contribution in [2.45, 2.75) is 23.1 Å². The topological polar surface area (TPSA) is 17.8 Å². The van der Waals surface area contributed by atoms with Gasteiger partial charge in [-0.15, -0.1) is 11.8 Å². The van der Waals surface area contributed by atoms with E-state index in [0.717, 1.165) is 22.2 Å². The van der Waals surface area contributed by atoms with Crippen molar-refractivity contribution in [3.8, 4) is 0 Å². The smallest absolute Gasteiger partial charge is 0.129 e. The maximum atomic E-state index is 4.41. The molecule has 0 radical (unpaired) electrons. The van der Waals surface area contributed by atoms with E-state index < -0.39 is 0 Å². The van der Waals surface area contributed by atoms with Crippen LogP contribution in [0.2, 0.25) is 0 Å². The molecule has 88 valence electrons. The molecule has 1 aromatic carbocycles. The van der Waals surface area contributed by atoms with Crippen molar-refractivity contribution >= 4 is 43.6 Å². The summed E-state index contributed by atoms with van der Waals surface area (Å²) in [4.78, 5) is 1.42. The van der Waals surface area contributed by atoms with Crippen molar-refractivity contribution in [3.05, 3.63) is 45.1 Å². The first-order valence-corrected chi connectivity index (χ1v) is 7.82. The van der Waals surface area contributed by atoms with Gasteiger partial charge in [0.1, 0.15) is 9.21 Å². The third-order valence-electron chi connectivity index (χ3n) is 2.79. The molecule has 1 unspecified atom stereocenters. The van der Waals surface area contributed by atoms with E-state index >= 15 is 0 Å². The summed E-state index contributed by atoms with van der Waals surface area (Å²) >= 11 is 8.86. The van der Waals surface area contributed by atoms with Crippen molar-refractivity contribution < 1.29 is 0 Å². The van der Waals surface area contributed by atoms with E-state index in [1.165, 1.54) is 10.5 Å². The molecule has 3 rings (SSSR count). The van der Waals surface area contributed by atoms with Crippen LogP contribution < -0.4 is 0 Å². The molecular weight excluding hydrogens is 364 g/mol. The lowest BCUT2D eigenvalue weighted by atomic mass is 10.1. The minimum absolute atomic E-state index is 0.579.